The first-order valence-electron chi connectivity index (χ1n) is 6.51. The smallest absolute Gasteiger partial charge is 0.251 e. The van der Waals surface area contributed by atoms with Crippen LogP contribution >= 0.6 is 0 Å². The Morgan fingerprint density at radius 3 is 2.00 bits per heavy atom. The van der Waals surface area contributed by atoms with Crippen LogP contribution in [0.15, 0.2) is 24.3 Å². The van der Waals surface area contributed by atoms with Crippen molar-refractivity contribution in [1.29, 1.82) is 0 Å². The maximum absolute atomic E-state index is 11.5. The van der Waals surface area contributed by atoms with Crippen LogP contribution in [0.4, 0.5) is 0 Å². The van der Waals surface area contributed by atoms with Gasteiger partial charge in [-0.25, -0.2) is 0 Å². The van der Waals surface area contributed by atoms with Crippen LogP contribution in [-0.4, -0.2) is 21.2 Å². The zero-order valence-electron chi connectivity index (χ0n) is 10.0. The summed E-state index contributed by atoms with van der Waals surface area (Å²) in [6, 6.07) is 8.16. The molecule has 0 spiro atoms. The summed E-state index contributed by atoms with van der Waals surface area (Å²) in [7, 11) is 0. The second-order valence-electron chi connectivity index (χ2n) is 6.16. The first-order valence-corrected chi connectivity index (χ1v) is 6.51. The topological polar surface area (TPSA) is 63.4 Å². The van der Waals surface area contributed by atoms with Gasteiger partial charge in [0.25, 0.3) is 5.54 Å². The molecule has 2 fully saturated rings. The Hall–Kier alpha value is -1.42. The quantitative estimate of drug-likeness (QED) is 0.609. The van der Waals surface area contributed by atoms with E-state index in [9.17, 15) is 15.2 Å². The van der Waals surface area contributed by atoms with Crippen LogP contribution < -0.4 is 0 Å². The molecule has 1 N–H and O–H groups in total. The summed E-state index contributed by atoms with van der Waals surface area (Å²) in [5.74, 6) is 0.313. The van der Waals surface area contributed by atoms with Gasteiger partial charge in [0.2, 0.25) is 0 Å². The van der Waals surface area contributed by atoms with Gasteiger partial charge in [-0.1, -0.05) is 24.3 Å². The number of hydrogen-bond acceptors (Lipinski definition) is 3. The highest BCUT2D eigenvalue weighted by molar-refractivity contribution is 5.42. The average Bonchev–Trinajstić information content (AvgIpc) is 2.66. The van der Waals surface area contributed by atoms with Gasteiger partial charge < -0.3 is 5.11 Å². The average molecular weight is 245 g/mol. The van der Waals surface area contributed by atoms with Gasteiger partial charge in [-0.2, -0.15) is 0 Å². The fourth-order valence-corrected chi connectivity index (χ4v) is 4.71. The third-order valence-corrected chi connectivity index (χ3v) is 5.43. The Bertz CT molecular complexity index is 519. The first kappa shape index (κ1) is 10.5. The number of nitro groups is 1. The summed E-state index contributed by atoms with van der Waals surface area (Å²) in [4.78, 5) is 11.3. The zero-order valence-corrected chi connectivity index (χ0v) is 10.0. The van der Waals surface area contributed by atoms with E-state index in [-0.39, 0.29) is 16.8 Å². The van der Waals surface area contributed by atoms with Gasteiger partial charge in [0.15, 0.2) is 0 Å². The van der Waals surface area contributed by atoms with Crippen molar-refractivity contribution in [3.8, 4) is 0 Å². The van der Waals surface area contributed by atoms with Crippen molar-refractivity contribution in [2.24, 2.45) is 0 Å². The van der Waals surface area contributed by atoms with Crippen molar-refractivity contribution in [2.45, 2.75) is 48.7 Å². The molecule has 4 heteroatoms. The Morgan fingerprint density at radius 1 is 1.11 bits per heavy atom. The van der Waals surface area contributed by atoms with E-state index in [0.717, 1.165) is 0 Å². The van der Waals surface area contributed by atoms with Crippen LogP contribution in [0.1, 0.15) is 48.6 Å². The normalized spacial score (nSPS) is 43.8. The molecule has 4 atom stereocenters. The summed E-state index contributed by atoms with van der Waals surface area (Å²) < 4.78 is 0. The molecule has 0 amide bonds. The van der Waals surface area contributed by atoms with E-state index in [2.05, 4.69) is 12.1 Å². The van der Waals surface area contributed by atoms with Crippen molar-refractivity contribution in [1.82, 2.24) is 0 Å². The van der Waals surface area contributed by atoms with Crippen molar-refractivity contribution >= 4 is 0 Å². The molecule has 0 aliphatic heterocycles. The largest absolute Gasteiger partial charge is 0.382 e. The molecule has 0 radical (unpaired) electrons. The molecule has 5 rings (SSSR count). The van der Waals surface area contributed by atoms with Gasteiger partial charge in [-0.05, 0) is 35.8 Å². The molecule has 0 saturated heterocycles. The van der Waals surface area contributed by atoms with Gasteiger partial charge in [0.05, 0.1) is 0 Å². The molecule has 1 aromatic carbocycles. The molecule has 1 aromatic rings. The number of hydrogen-bond donors (Lipinski definition) is 1. The van der Waals surface area contributed by atoms with E-state index in [1.54, 1.807) is 0 Å². The van der Waals surface area contributed by atoms with Gasteiger partial charge in [-0.3, -0.25) is 10.1 Å². The molecule has 2 saturated carbocycles. The third kappa shape index (κ3) is 0.973. The lowest BCUT2D eigenvalue weighted by molar-refractivity contribution is -0.586. The molecular formula is C14H15NO3. The molecule has 4 nitrogen and oxygen atoms in total. The van der Waals surface area contributed by atoms with Crippen LogP contribution in [0, 0.1) is 10.1 Å². The van der Waals surface area contributed by atoms with Crippen LogP contribution in [0.25, 0.3) is 0 Å². The Morgan fingerprint density at radius 2 is 1.61 bits per heavy atom. The van der Waals surface area contributed by atoms with Crippen molar-refractivity contribution in [3.05, 3.63) is 45.5 Å². The minimum atomic E-state index is -1.10. The number of benzene rings is 1. The highest BCUT2D eigenvalue weighted by Crippen LogP contribution is 2.65. The fraction of sp³-hybridized carbons (Fsp3) is 0.571. The summed E-state index contributed by atoms with van der Waals surface area (Å²) in [6.45, 7) is 0. The van der Waals surface area contributed by atoms with E-state index in [4.69, 9.17) is 0 Å². The van der Waals surface area contributed by atoms with E-state index >= 15 is 0 Å². The molecular weight excluding hydrogens is 230 g/mol. The van der Waals surface area contributed by atoms with Crippen molar-refractivity contribution in [3.63, 3.8) is 0 Å². The first-order chi connectivity index (χ1) is 8.56. The van der Waals surface area contributed by atoms with Crippen LogP contribution in [0.2, 0.25) is 0 Å². The van der Waals surface area contributed by atoms with Gasteiger partial charge >= 0.3 is 0 Å². The summed E-state index contributed by atoms with van der Waals surface area (Å²) in [5, 5.41) is 22.3. The minimum absolute atomic E-state index is 0.157. The lowest BCUT2D eigenvalue weighted by Crippen LogP contribution is -2.51. The highest BCUT2D eigenvalue weighted by Gasteiger charge is 2.73. The summed E-state index contributed by atoms with van der Waals surface area (Å²) >= 11 is 0. The molecule has 94 valence electrons. The Labute approximate surface area is 105 Å². The summed E-state index contributed by atoms with van der Waals surface area (Å²) in [5.41, 5.74) is 0.283. The Balaban J connectivity index is 1.96. The van der Waals surface area contributed by atoms with Gasteiger partial charge in [0, 0.05) is 17.8 Å². The molecule has 4 bridgehead atoms. The van der Waals surface area contributed by atoms with Crippen LogP contribution in [0.5, 0.6) is 0 Å². The predicted octanol–water partition coefficient (Wildman–Crippen LogP) is 2.20. The zero-order chi connectivity index (χ0) is 12.5. The van der Waals surface area contributed by atoms with E-state index in [0.29, 0.717) is 25.7 Å². The standard InChI is InChI=1S/C14H15NO3/c16-14-7-9-5-13(14,15(17)18)6-10(8-14)12-4-2-1-3-11(9)12/h1-4,9-10,16H,5-8H2/t9-,10+,13?,14?. The molecule has 4 aliphatic carbocycles. The SMILES string of the molecule is O=[N+]([O-])C12C[C@H]3CC1(O)C[C@@H](C2)c1ccccc13. The van der Waals surface area contributed by atoms with Crippen LogP contribution in [-0.2, 0) is 0 Å². The second kappa shape index (κ2) is 2.94. The summed E-state index contributed by atoms with van der Waals surface area (Å²) in [6.07, 6.45) is 2.12. The van der Waals surface area contributed by atoms with Gasteiger partial charge in [0.1, 0.15) is 5.60 Å². The predicted molar refractivity (Wildman–Crippen MR) is 65.1 cm³/mol. The monoisotopic (exact) mass is 245 g/mol. The number of rotatable bonds is 1. The molecule has 4 aliphatic rings. The maximum atomic E-state index is 11.5. The molecule has 0 aromatic heterocycles. The highest BCUT2D eigenvalue weighted by atomic mass is 16.6. The lowest BCUT2D eigenvalue weighted by atomic mass is 9.87. The minimum Gasteiger partial charge on any atom is -0.382 e. The number of nitrogens with zero attached hydrogens (tertiary/aromatic N) is 1. The third-order valence-electron chi connectivity index (χ3n) is 5.43. The number of aliphatic hydroxyl groups is 1. The van der Waals surface area contributed by atoms with E-state index in [1.165, 1.54) is 11.1 Å². The fourth-order valence-electron chi connectivity index (χ4n) is 4.71. The van der Waals surface area contributed by atoms with Crippen molar-refractivity contribution in [2.75, 3.05) is 0 Å². The Kier molecular flexibility index (Phi) is 1.71. The van der Waals surface area contributed by atoms with Crippen molar-refractivity contribution < 1.29 is 10.0 Å². The molecule has 0 heterocycles. The molecule has 18 heavy (non-hydrogen) atoms. The van der Waals surface area contributed by atoms with E-state index < -0.39 is 11.1 Å². The van der Waals surface area contributed by atoms with E-state index in [1.807, 2.05) is 12.1 Å². The lowest BCUT2D eigenvalue weighted by Gasteiger charge is -2.27. The maximum Gasteiger partial charge on any atom is 0.251 e. The van der Waals surface area contributed by atoms with Crippen LogP contribution in [0.3, 0.4) is 0 Å². The molecule has 2 unspecified atom stereocenters. The second-order valence-corrected chi connectivity index (χ2v) is 6.16. The van der Waals surface area contributed by atoms with Gasteiger partial charge in [-0.15, -0.1) is 0 Å².